The standard InChI is InChI=1S/C21H26N2O5/c1-3-27-21-15(8-6-10-24)16(11-19(28-21)20(22)26)17-12-23(13(2)25)18-9-5-4-7-14(17)18/h4-5,7,9,11-12,15-16,21,24H,3,6,8,10H2,1-2H3,(H2,22,26)/t15-,16+,21-/m0/s1. The highest BCUT2D eigenvalue weighted by Gasteiger charge is 2.38. The number of fused-ring (bicyclic) bond motifs is 1. The van der Waals surface area contributed by atoms with E-state index in [0.717, 1.165) is 16.5 Å². The van der Waals surface area contributed by atoms with E-state index in [4.69, 9.17) is 15.2 Å². The molecule has 3 atom stereocenters. The summed E-state index contributed by atoms with van der Waals surface area (Å²) < 4.78 is 13.1. The van der Waals surface area contributed by atoms with Crippen molar-refractivity contribution in [3.05, 3.63) is 47.9 Å². The minimum absolute atomic E-state index is 0.0453. The number of benzene rings is 1. The predicted octanol–water partition coefficient (Wildman–Crippen LogP) is 2.54. The second-order valence-corrected chi connectivity index (χ2v) is 6.88. The van der Waals surface area contributed by atoms with Crippen LogP contribution >= 0.6 is 0 Å². The first kappa shape index (κ1) is 20.1. The van der Waals surface area contributed by atoms with Crippen LogP contribution in [0, 0.1) is 5.92 Å². The van der Waals surface area contributed by atoms with Gasteiger partial charge in [0, 0.05) is 43.6 Å². The molecule has 2 aromatic rings. The van der Waals surface area contributed by atoms with E-state index < -0.39 is 12.2 Å². The Morgan fingerprint density at radius 2 is 2.07 bits per heavy atom. The number of primary amides is 1. The van der Waals surface area contributed by atoms with E-state index in [1.165, 1.54) is 6.92 Å². The summed E-state index contributed by atoms with van der Waals surface area (Å²) in [6.45, 7) is 3.82. The lowest BCUT2D eigenvalue weighted by atomic mass is 9.80. The number of rotatable bonds is 7. The van der Waals surface area contributed by atoms with Gasteiger partial charge in [-0.2, -0.15) is 0 Å². The van der Waals surface area contributed by atoms with Crippen molar-refractivity contribution in [1.82, 2.24) is 4.57 Å². The number of aromatic nitrogens is 1. The van der Waals surface area contributed by atoms with E-state index in [0.29, 0.717) is 19.4 Å². The topological polar surface area (TPSA) is 104 Å². The van der Waals surface area contributed by atoms with Crippen LogP contribution in [0.1, 0.15) is 43.0 Å². The Morgan fingerprint density at radius 1 is 1.32 bits per heavy atom. The van der Waals surface area contributed by atoms with Gasteiger partial charge in [-0.05, 0) is 37.5 Å². The third-order valence-electron chi connectivity index (χ3n) is 5.10. The van der Waals surface area contributed by atoms with Gasteiger partial charge in [0.05, 0.1) is 5.52 Å². The highest BCUT2D eigenvalue weighted by Crippen LogP contribution is 2.42. The lowest BCUT2D eigenvalue weighted by Crippen LogP contribution is -2.37. The zero-order chi connectivity index (χ0) is 20.3. The molecule has 0 saturated heterocycles. The summed E-state index contributed by atoms with van der Waals surface area (Å²) in [5.74, 6) is -1.08. The predicted molar refractivity (Wildman–Crippen MR) is 105 cm³/mol. The molecule has 7 nitrogen and oxygen atoms in total. The molecule has 0 bridgehead atoms. The molecule has 1 aromatic heterocycles. The van der Waals surface area contributed by atoms with Crippen LogP contribution in [0.15, 0.2) is 42.3 Å². The summed E-state index contributed by atoms with van der Waals surface area (Å²) in [7, 11) is 0. The third kappa shape index (κ3) is 3.81. The van der Waals surface area contributed by atoms with Gasteiger partial charge in [0.15, 0.2) is 5.76 Å². The number of carbonyl (C=O) groups is 2. The minimum Gasteiger partial charge on any atom is -0.459 e. The molecule has 1 aliphatic rings. The lowest BCUT2D eigenvalue weighted by molar-refractivity contribution is -0.165. The average molecular weight is 386 g/mol. The van der Waals surface area contributed by atoms with Crippen LogP contribution in [0.25, 0.3) is 10.9 Å². The first-order chi connectivity index (χ1) is 13.5. The lowest BCUT2D eigenvalue weighted by Gasteiger charge is -2.36. The highest BCUT2D eigenvalue weighted by atomic mass is 16.7. The maximum absolute atomic E-state index is 12.1. The number of hydrogen-bond acceptors (Lipinski definition) is 5. The van der Waals surface area contributed by atoms with E-state index in [1.807, 2.05) is 37.4 Å². The second-order valence-electron chi connectivity index (χ2n) is 6.88. The van der Waals surface area contributed by atoms with Crippen LogP contribution in [0.5, 0.6) is 0 Å². The number of amides is 1. The van der Waals surface area contributed by atoms with Gasteiger partial charge in [-0.15, -0.1) is 0 Å². The van der Waals surface area contributed by atoms with E-state index >= 15 is 0 Å². The summed E-state index contributed by atoms with van der Waals surface area (Å²) in [4.78, 5) is 24.0. The molecule has 1 aliphatic heterocycles. The Labute approximate surface area is 163 Å². The minimum atomic E-state index is -0.661. The van der Waals surface area contributed by atoms with Gasteiger partial charge in [0.2, 0.25) is 12.2 Å². The number of aliphatic hydroxyl groups is 1. The number of para-hydroxylation sites is 1. The Hall–Kier alpha value is -2.64. The van der Waals surface area contributed by atoms with Crippen LogP contribution in [-0.2, 0) is 14.3 Å². The number of nitrogens with two attached hydrogens (primary N) is 1. The molecule has 0 fully saturated rings. The van der Waals surface area contributed by atoms with Gasteiger partial charge in [0.25, 0.3) is 5.91 Å². The van der Waals surface area contributed by atoms with Crippen molar-refractivity contribution in [3.63, 3.8) is 0 Å². The molecule has 28 heavy (non-hydrogen) atoms. The summed E-state index contributed by atoms with van der Waals surface area (Å²) in [5.41, 5.74) is 7.20. The molecule has 1 amide bonds. The fourth-order valence-corrected chi connectivity index (χ4v) is 3.87. The molecule has 7 heteroatoms. The monoisotopic (exact) mass is 386 g/mol. The third-order valence-corrected chi connectivity index (χ3v) is 5.10. The van der Waals surface area contributed by atoms with Crippen molar-refractivity contribution in [3.8, 4) is 0 Å². The Kier molecular flexibility index (Phi) is 6.16. The van der Waals surface area contributed by atoms with E-state index in [9.17, 15) is 14.7 Å². The fraction of sp³-hybridized carbons (Fsp3) is 0.429. The quantitative estimate of drug-likeness (QED) is 0.761. The van der Waals surface area contributed by atoms with Crippen molar-refractivity contribution in [1.29, 1.82) is 0 Å². The van der Waals surface area contributed by atoms with Crippen LogP contribution < -0.4 is 5.73 Å². The SMILES string of the molecule is CCO[C@H]1OC(C(N)=O)=C[C@@H](c2cn(C(C)=O)c3ccccc23)[C@@H]1CCCO. The first-order valence-electron chi connectivity index (χ1n) is 9.49. The molecule has 150 valence electrons. The summed E-state index contributed by atoms with van der Waals surface area (Å²) >= 11 is 0. The fourth-order valence-electron chi connectivity index (χ4n) is 3.87. The van der Waals surface area contributed by atoms with Crippen LogP contribution in [-0.4, -0.2) is 41.0 Å². The Bertz CT molecular complexity index is 901. The van der Waals surface area contributed by atoms with Gasteiger partial charge >= 0.3 is 0 Å². The molecular weight excluding hydrogens is 360 g/mol. The average Bonchev–Trinajstić information content (AvgIpc) is 3.06. The summed E-state index contributed by atoms with van der Waals surface area (Å²) in [5, 5.41) is 10.3. The van der Waals surface area contributed by atoms with Crippen molar-refractivity contribution in [2.24, 2.45) is 11.7 Å². The molecule has 0 spiro atoms. The second kappa shape index (κ2) is 8.58. The zero-order valence-electron chi connectivity index (χ0n) is 16.1. The summed E-state index contributed by atoms with van der Waals surface area (Å²) in [6, 6.07) is 7.64. The highest BCUT2D eigenvalue weighted by molar-refractivity contribution is 5.94. The Balaban J connectivity index is 2.16. The molecule has 2 heterocycles. The molecular formula is C21H26N2O5. The number of hydrogen-bond donors (Lipinski definition) is 2. The number of allylic oxidation sites excluding steroid dienone is 1. The van der Waals surface area contributed by atoms with Crippen molar-refractivity contribution < 1.29 is 24.2 Å². The van der Waals surface area contributed by atoms with Crippen molar-refractivity contribution >= 4 is 22.7 Å². The number of carbonyl (C=O) groups excluding carboxylic acids is 2. The first-order valence-corrected chi connectivity index (χ1v) is 9.49. The van der Waals surface area contributed by atoms with Gasteiger partial charge in [-0.3, -0.25) is 14.2 Å². The van der Waals surface area contributed by atoms with E-state index in [2.05, 4.69) is 0 Å². The molecule has 3 N–H and O–H groups in total. The Morgan fingerprint density at radius 3 is 2.71 bits per heavy atom. The molecule has 0 radical (unpaired) electrons. The van der Waals surface area contributed by atoms with Gasteiger partial charge in [-0.25, -0.2) is 0 Å². The van der Waals surface area contributed by atoms with Gasteiger partial charge in [0.1, 0.15) is 0 Å². The zero-order valence-corrected chi connectivity index (χ0v) is 16.1. The molecule has 1 aromatic carbocycles. The molecule has 0 saturated carbocycles. The van der Waals surface area contributed by atoms with Crippen molar-refractivity contribution in [2.75, 3.05) is 13.2 Å². The van der Waals surface area contributed by atoms with Crippen LogP contribution in [0.3, 0.4) is 0 Å². The van der Waals surface area contributed by atoms with E-state index in [-0.39, 0.29) is 30.1 Å². The number of nitrogens with zero attached hydrogens (tertiary/aromatic N) is 1. The van der Waals surface area contributed by atoms with E-state index in [1.54, 1.807) is 10.6 Å². The number of ether oxygens (including phenoxy) is 2. The van der Waals surface area contributed by atoms with Crippen LogP contribution in [0.2, 0.25) is 0 Å². The molecule has 3 rings (SSSR count). The van der Waals surface area contributed by atoms with Crippen molar-refractivity contribution in [2.45, 2.75) is 38.9 Å². The molecule has 0 unspecified atom stereocenters. The van der Waals surface area contributed by atoms with Gasteiger partial charge < -0.3 is 20.3 Å². The van der Waals surface area contributed by atoms with Gasteiger partial charge in [-0.1, -0.05) is 18.2 Å². The largest absolute Gasteiger partial charge is 0.459 e. The number of aliphatic hydroxyl groups excluding tert-OH is 1. The maximum Gasteiger partial charge on any atom is 0.283 e. The summed E-state index contributed by atoms with van der Waals surface area (Å²) in [6.07, 6.45) is 4.07. The smallest absolute Gasteiger partial charge is 0.283 e. The normalized spacial score (nSPS) is 22.0. The molecule has 0 aliphatic carbocycles. The van der Waals surface area contributed by atoms with Crippen LogP contribution in [0.4, 0.5) is 0 Å². The maximum atomic E-state index is 12.1.